The van der Waals surface area contributed by atoms with Crippen LogP contribution in [-0.4, -0.2) is 10.1 Å². The van der Waals surface area contributed by atoms with Crippen LogP contribution < -0.4 is 5.76 Å². The highest BCUT2D eigenvalue weighted by Crippen LogP contribution is 2.28. The summed E-state index contributed by atoms with van der Waals surface area (Å²) in [6.45, 7) is 0. The summed E-state index contributed by atoms with van der Waals surface area (Å²) < 4.78 is 5.43. The minimum absolute atomic E-state index is 0.516. The van der Waals surface area contributed by atoms with E-state index in [1.165, 1.54) is 0 Å². The largest absolute Gasteiger partial charge is 0.438 e. The SMILES string of the molecule is O=c1[nH]c(CSc2ccccc2Br)no1. The Morgan fingerprint density at radius 3 is 2.93 bits per heavy atom. The van der Waals surface area contributed by atoms with Gasteiger partial charge in [-0.2, -0.15) is 0 Å². The molecule has 6 heteroatoms. The van der Waals surface area contributed by atoms with Gasteiger partial charge >= 0.3 is 5.76 Å². The maximum atomic E-state index is 10.7. The third kappa shape index (κ3) is 2.73. The molecule has 0 fully saturated rings. The van der Waals surface area contributed by atoms with E-state index in [2.05, 4.69) is 30.6 Å². The van der Waals surface area contributed by atoms with Gasteiger partial charge in [-0.25, -0.2) is 4.79 Å². The summed E-state index contributed by atoms with van der Waals surface area (Å²) >= 11 is 5.01. The van der Waals surface area contributed by atoms with Gasteiger partial charge in [0.2, 0.25) is 0 Å². The lowest BCUT2D eigenvalue weighted by atomic mass is 10.4. The second-order valence-corrected chi connectivity index (χ2v) is 4.63. The van der Waals surface area contributed by atoms with Gasteiger partial charge in [-0.15, -0.1) is 11.8 Å². The number of nitrogens with zero attached hydrogens (tertiary/aromatic N) is 1. The molecule has 0 bridgehead atoms. The van der Waals surface area contributed by atoms with Gasteiger partial charge in [-0.3, -0.25) is 9.51 Å². The predicted molar refractivity (Wildman–Crippen MR) is 60.8 cm³/mol. The number of nitrogens with one attached hydrogen (secondary N) is 1. The molecule has 0 atom stereocenters. The molecule has 0 aliphatic carbocycles. The lowest BCUT2D eigenvalue weighted by molar-refractivity contribution is 0.383. The van der Waals surface area contributed by atoms with Crippen molar-refractivity contribution >= 4 is 27.7 Å². The summed E-state index contributed by atoms with van der Waals surface area (Å²) in [4.78, 5) is 14.3. The zero-order chi connectivity index (χ0) is 10.7. The molecule has 2 rings (SSSR count). The van der Waals surface area contributed by atoms with E-state index < -0.39 is 5.76 Å². The molecule has 0 unspecified atom stereocenters. The van der Waals surface area contributed by atoms with Gasteiger partial charge < -0.3 is 0 Å². The minimum atomic E-state index is -0.516. The second-order valence-electron chi connectivity index (χ2n) is 2.76. The number of rotatable bonds is 3. The molecule has 0 aliphatic rings. The minimum Gasteiger partial charge on any atom is -0.296 e. The first-order valence-corrected chi connectivity index (χ1v) is 5.96. The van der Waals surface area contributed by atoms with Crippen LogP contribution >= 0.6 is 27.7 Å². The highest BCUT2D eigenvalue weighted by molar-refractivity contribution is 9.10. The first-order chi connectivity index (χ1) is 7.25. The highest BCUT2D eigenvalue weighted by atomic mass is 79.9. The van der Waals surface area contributed by atoms with Crippen molar-refractivity contribution in [2.75, 3.05) is 0 Å². The van der Waals surface area contributed by atoms with Gasteiger partial charge in [0.25, 0.3) is 0 Å². The van der Waals surface area contributed by atoms with E-state index >= 15 is 0 Å². The molecule has 15 heavy (non-hydrogen) atoms. The van der Waals surface area contributed by atoms with Crippen LogP contribution in [0.4, 0.5) is 0 Å². The molecule has 2 aromatic rings. The normalized spacial score (nSPS) is 10.5. The average molecular weight is 287 g/mol. The van der Waals surface area contributed by atoms with Crippen LogP contribution in [0.1, 0.15) is 5.82 Å². The van der Waals surface area contributed by atoms with Crippen molar-refractivity contribution in [3.63, 3.8) is 0 Å². The number of thioether (sulfide) groups is 1. The zero-order valence-corrected chi connectivity index (χ0v) is 9.97. The fourth-order valence-electron chi connectivity index (χ4n) is 1.03. The fourth-order valence-corrected chi connectivity index (χ4v) is 2.46. The Morgan fingerprint density at radius 1 is 1.47 bits per heavy atom. The van der Waals surface area contributed by atoms with Crippen LogP contribution in [0.2, 0.25) is 0 Å². The Morgan fingerprint density at radius 2 is 2.27 bits per heavy atom. The standard InChI is InChI=1S/C9H7BrN2O2S/c10-6-3-1-2-4-7(6)15-5-8-11-9(13)14-12-8/h1-4H,5H2,(H,11,12,13). The summed E-state index contributed by atoms with van der Waals surface area (Å²) in [5, 5.41) is 3.58. The van der Waals surface area contributed by atoms with Crippen molar-refractivity contribution in [1.29, 1.82) is 0 Å². The van der Waals surface area contributed by atoms with E-state index in [9.17, 15) is 4.79 Å². The molecular formula is C9H7BrN2O2S. The summed E-state index contributed by atoms with van der Waals surface area (Å²) in [5.41, 5.74) is 0. The molecule has 0 aliphatic heterocycles. The maximum Gasteiger partial charge on any atom is 0.438 e. The number of hydrogen-bond acceptors (Lipinski definition) is 4. The number of benzene rings is 1. The molecule has 1 N–H and O–H groups in total. The zero-order valence-electron chi connectivity index (χ0n) is 7.57. The Balaban J connectivity index is 2.05. The first kappa shape index (κ1) is 10.5. The topological polar surface area (TPSA) is 58.9 Å². The van der Waals surface area contributed by atoms with Crippen LogP contribution in [0.25, 0.3) is 0 Å². The van der Waals surface area contributed by atoms with Crippen LogP contribution in [0, 0.1) is 0 Å². The molecule has 0 saturated carbocycles. The van der Waals surface area contributed by atoms with E-state index in [0.29, 0.717) is 11.6 Å². The predicted octanol–water partition coefficient (Wildman–Crippen LogP) is 2.42. The van der Waals surface area contributed by atoms with E-state index in [1.807, 2.05) is 24.3 Å². The van der Waals surface area contributed by atoms with Gasteiger partial charge in [0, 0.05) is 9.37 Å². The van der Waals surface area contributed by atoms with Crippen LogP contribution in [-0.2, 0) is 5.75 Å². The third-order valence-electron chi connectivity index (χ3n) is 1.69. The Hall–Kier alpha value is -1.01. The van der Waals surface area contributed by atoms with E-state index in [1.54, 1.807) is 11.8 Å². The van der Waals surface area contributed by atoms with Crippen molar-refractivity contribution in [2.24, 2.45) is 0 Å². The molecule has 0 spiro atoms. The average Bonchev–Trinajstić information content (AvgIpc) is 2.63. The van der Waals surface area contributed by atoms with E-state index in [0.717, 1.165) is 9.37 Å². The van der Waals surface area contributed by atoms with Gasteiger partial charge in [-0.05, 0) is 28.1 Å². The van der Waals surface area contributed by atoms with E-state index in [4.69, 9.17) is 0 Å². The Bertz CT molecular complexity index is 509. The molecule has 78 valence electrons. The molecule has 1 aromatic heterocycles. The summed E-state index contributed by atoms with van der Waals surface area (Å²) in [6.07, 6.45) is 0. The van der Waals surface area contributed by atoms with Crippen molar-refractivity contribution in [1.82, 2.24) is 10.1 Å². The Kier molecular flexibility index (Phi) is 3.27. The van der Waals surface area contributed by atoms with Crippen LogP contribution in [0.3, 0.4) is 0 Å². The molecule has 0 saturated heterocycles. The van der Waals surface area contributed by atoms with Crippen LogP contribution in [0.5, 0.6) is 0 Å². The Labute approximate surface area is 98.2 Å². The molecular weight excluding hydrogens is 280 g/mol. The third-order valence-corrected chi connectivity index (χ3v) is 3.72. The maximum absolute atomic E-state index is 10.7. The lowest BCUT2D eigenvalue weighted by Gasteiger charge is -2.00. The van der Waals surface area contributed by atoms with Crippen molar-refractivity contribution < 1.29 is 4.52 Å². The molecule has 1 heterocycles. The second kappa shape index (κ2) is 4.67. The van der Waals surface area contributed by atoms with Gasteiger partial charge in [0.1, 0.15) is 0 Å². The van der Waals surface area contributed by atoms with Gasteiger partial charge in [-0.1, -0.05) is 17.3 Å². The van der Waals surface area contributed by atoms with Crippen molar-refractivity contribution in [3.8, 4) is 0 Å². The first-order valence-electron chi connectivity index (χ1n) is 4.18. The van der Waals surface area contributed by atoms with Gasteiger partial charge in [0.15, 0.2) is 5.82 Å². The smallest absolute Gasteiger partial charge is 0.296 e. The molecule has 4 nitrogen and oxygen atoms in total. The van der Waals surface area contributed by atoms with E-state index in [-0.39, 0.29) is 0 Å². The number of hydrogen-bond donors (Lipinski definition) is 1. The summed E-state index contributed by atoms with van der Waals surface area (Å²) in [6, 6.07) is 7.87. The number of halogens is 1. The number of aromatic amines is 1. The fraction of sp³-hybridized carbons (Fsp3) is 0.111. The quantitative estimate of drug-likeness (QED) is 0.881. The monoisotopic (exact) mass is 286 g/mol. The molecule has 1 aromatic carbocycles. The summed E-state index contributed by atoms with van der Waals surface area (Å²) in [5.74, 6) is 0.604. The van der Waals surface area contributed by atoms with Gasteiger partial charge in [0.05, 0.1) is 5.75 Å². The van der Waals surface area contributed by atoms with Crippen molar-refractivity contribution in [2.45, 2.75) is 10.6 Å². The molecule has 0 radical (unpaired) electrons. The lowest BCUT2D eigenvalue weighted by Crippen LogP contribution is -1.96. The number of aromatic nitrogens is 2. The molecule has 0 amide bonds. The van der Waals surface area contributed by atoms with Crippen molar-refractivity contribution in [3.05, 3.63) is 45.1 Å². The highest BCUT2D eigenvalue weighted by Gasteiger charge is 2.03. The van der Waals surface area contributed by atoms with Crippen LogP contribution in [0.15, 0.2) is 43.0 Å². The summed E-state index contributed by atoms with van der Waals surface area (Å²) in [7, 11) is 0. The number of H-pyrrole nitrogens is 1.